The lowest BCUT2D eigenvalue weighted by molar-refractivity contribution is 0.205. The molecule has 0 aromatic heterocycles. The molecule has 1 radical (unpaired) electrons. The highest BCUT2D eigenvalue weighted by molar-refractivity contribution is 5.40. The highest BCUT2D eigenvalue weighted by Crippen LogP contribution is 2.44. The molecule has 1 aliphatic carbocycles. The van der Waals surface area contributed by atoms with Gasteiger partial charge in [-0.05, 0) is 80.8 Å². The van der Waals surface area contributed by atoms with Crippen LogP contribution in [0, 0.1) is 5.92 Å². The molecule has 2 aliphatic heterocycles. The van der Waals surface area contributed by atoms with Crippen molar-refractivity contribution < 1.29 is 4.74 Å². The normalized spacial score (nSPS) is 25.1. The van der Waals surface area contributed by atoms with Gasteiger partial charge in [0.1, 0.15) is 5.75 Å². The molecule has 2 fully saturated rings. The lowest BCUT2D eigenvalue weighted by Gasteiger charge is -2.27. The number of rotatable bonds is 6. The van der Waals surface area contributed by atoms with Crippen molar-refractivity contribution in [2.45, 2.75) is 51.0 Å². The van der Waals surface area contributed by atoms with Crippen molar-refractivity contribution in [1.82, 2.24) is 10.2 Å². The highest BCUT2D eigenvalue weighted by Gasteiger charge is 2.35. The molecule has 0 N–H and O–H groups in total. The zero-order valence-electron chi connectivity index (χ0n) is 14.2. The Bertz CT molecular complexity index is 520. The maximum absolute atomic E-state index is 6.02. The van der Waals surface area contributed by atoms with Crippen LogP contribution in [0.1, 0.15) is 55.7 Å². The Labute approximate surface area is 140 Å². The Kier molecular flexibility index (Phi) is 4.86. The molecule has 1 atom stereocenters. The quantitative estimate of drug-likeness (QED) is 0.751. The predicted molar refractivity (Wildman–Crippen MR) is 93.0 cm³/mol. The fourth-order valence-electron chi connectivity index (χ4n) is 4.08. The first kappa shape index (κ1) is 15.5. The molecule has 3 heteroatoms. The summed E-state index contributed by atoms with van der Waals surface area (Å²) in [6.07, 6.45) is 9.11. The maximum atomic E-state index is 6.02. The van der Waals surface area contributed by atoms with Crippen LogP contribution in [0.4, 0.5) is 0 Å². The fourth-order valence-corrected chi connectivity index (χ4v) is 4.08. The van der Waals surface area contributed by atoms with Crippen LogP contribution in [-0.4, -0.2) is 37.7 Å². The van der Waals surface area contributed by atoms with E-state index in [4.69, 9.17) is 10.1 Å². The van der Waals surface area contributed by atoms with E-state index in [1.165, 1.54) is 62.9 Å². The number of hydrogen-bond acceptors (Lipinski definition) is 2. The van der Waals surface area contributed by atoms with Crippen LogP contribution in [-0.2, 0) is 6.42 Å². The fraction of sp³-hybridized carbons (Fsp3) is 0.700. The molecule has 0 spiro atoms. The van der Waals surface area contributed by atoms with Crippen LogP contribution in [0.2, 0.25) is 0 Å². The van der Waals surface area contributed by atoms with E-state index in [1.807, 2.05) is 0 Å². The van der Waals surface area contributed by atoms with E-state index < -0.39 is 0 Å². The summed E-state index contributed by atoms with van der Waals surface area (Å²) in [5.41, 5.74) is 2.95. The molecule has 0 bridgehead atoms. The summed E-state index contributed by atoms with van der Waals surface area (Å²) in [4.78, 5) is 2.58. The minimum Gasteiger partial charge on any atom is -0.494 e. The molecule has 125 valence electrons. The van der Waals surface area contributed by atoms with E-state index >= 15 is 0 Å². The number of ether oxygens (including phenoxy) is 1. The maximum Gasteiger partial charge on any atom is 0.119 e. The minimum absolute atomic E-state index is 0.479. The van der Waals surface area contributed by atoms with Crippen LogP contribution >= 0.6 is 0 Å². The van der Waals surface area contributed by atoms with Crippen LogP contribution < -0.4 is 10.1 Å². The molecule has 1 aromatic carbocycles. The lowest BCUT2D eigenvalue weighted by Crippen LogP contribution is -2.31. The van der Waals surface area contributed by atoms with Gasteiger partial charge in [0, 0.05) is 13.1 Å². The molecule has 3 nitrogen and oxygen atoms in total. The Morgan fingerprint density at radius 3 is 2.83 bits per heavy atom. The summed E-state index contributed by atoms with van der Waals surface area (Å²) in [5, 5.41) is 4.84. The predicted octanol–water partition coefficient (Wildman–Crippen LogP) is 3.55. The van der Waals surface area contributed by atoms with E-state index in [-0.39, 0.29) is 0 Å². The SMILES string of the molecule is c1cc2c(cc1OCCCN1CCCCC1)CC[N]C2C1CC1. The van der Waals surface area contributed by atoms with Gasteiger partial charge in [-0.2, -0.15) is 0 Å². The van der Waals surface area contributed by atoms with Gasteiger partial charge >= 0.3 is 0 Å². The van der Waals surface area contributed by atoms with Gasteiger partial charge < -0.3 is 9.64 Å². The lowest BCUT2D eigenvalue weighted by atomic mass is 9.91. The Morgan fingerprint density at radius 1 is 1.13 bits per heavy atom. The standard InChI is InChI=1S/C20H29N2O/c1-2-11-22(12-3-1)13-4-14-23-18-7-8-19-17(15-18)9-10-21-20(19)16-5-6-16/h7-8,15-16,20H,1-6,9-14H2. The van der Waals surface area contributed by atoms with Crippen molar-refractivity contribution >= 4 is 0 Å². The average molecular weight is 313 g/mol. The van der Waals surface area contributed by atoms with Crippen LogP contribution in [0.15, 0.2) is 18.2 Å². The van der Waals surface area contributed by atoms with Gasteiger partial charge in [-0.1, -0.05) is 12.5 Å². The van der Waals surface area contributed by atoms with Gasteiger partial charge in [0.2, 0.25) is 0 Å². The summed E-state index contributed by atoms with van der Waals surface area (Å²) < 4.78 is 6.02. The molecule has 0 amide bonds. The number of piperidine rings is 1. The molecular weight excluding hydrogens is 284 g/mol. The van der Waals surface area contributed by atoms with Crippen molar-refractivity contribution in [2.24, 2.45) is 5.92 Å². The topological polar surface area (TPSA) is 26.6 Å². The Hall–Kier alpha value is -1.06. The second-order valence-corrected chi connectivity index (χ2v) is 7.40. The molecular formula is C20H29N2O. The summed E-state index contributed by atoms with van der Waals surface area (Å²) in [5.74, 6) is 1.88. The summed E-state index contributed by atoms with van der Waals surface area (Å²) in [6.45, 7) is 5.58. The second-order valence-electron chi connectivity index (χ2n) is 7.40. The molecule has 3 aliphatic rings. The van der Waals surface area contributed by atoms with E-state index in [1.54, 1.807) is 0 Å². The number of benzene rings is 1. The van der Waals surface area contributed by atoms with E-state index in [9.17, 15) is 0 Å². The van der Waals surface area contributed by atoms with Gasteiger partial charge in [0.05, 0.1) is 12.6 Å². The van der Waals surface area contributed by atoms with Crippen LogP contribution in [0.25, 0.3) is 0 Å². The van der Waals surface area contributed by atoms with Crippen molar-refractivity contribution in [3.05, 3.63) is 29.3 Å². The number of nitrogens with zero attached hydrogens (tertiary/aromatic N) is 2. The molecule has 2 heterocycles. The summed E-state index contributed by atoms with van der Waals surface area (Å²) in [7, 11) is 0. The first-order valence-corrected chi connectivity index (χ1v) is 9.55. The Balaban J connectivity index is 1.28. The van der Waals surface area contributed by atoms with Gasteiger partial charge in [0.25, 0.3) is 0 Å². The van der Waals surface area contributed by atoms with Crippen molar-refractivity contribution in [1.29, 1.82) is 0 Å². The zero-order chi connectivity index (χ0) is 15.5. The molecule has 1 saturated heterocycles. The molecule has 4 rings (SSSR count). The first-order chi connectivity index (χ1) is 11.4. The average Bonchev–Trinajstić information content (AvgIpc) is 3.44. The monoisotopic (exact) mass is 313 g/mol. The third kappa shape index (κ3) is 3.89. The van der Waals surface area contributed by atoms with Crippen molar-refractivity contribution in [3.63, 3.8) is 0 Å². The smallest absolute Gasteiger partial charge is 0.119 e. The summed E-state index contributed by atoms with van der Waals surface area (Å²) in [6, 6.07) is 7.20. The first-order valence-electron chi connectivity index (χ1n) is 9.55. The molecule has 1 saturated carbocycles. The van der Waals surface area contributed by atoms with E-state index in [0.29, 0.717) is 6.04 Å². The number of likely N-dealkylation sites (tertiary alicyclic amines) is 1. The zero-order valence-corrected chi connectivity index (χ0v) is 14.2. The third-order valence-electron chi connectivity index (χ3n) is 5.54. The molecule has 23 heavy (non-hydrogen) atoms. The minimum atomic E-state index is 0.479. The van der Waals surface area contributed by atoms with Gasteiger partial charge in [-0.25, -0.2) is 5.32 Å². The number of hydrogen-bond donors (Lipinski definition) is 0. The highest BCUT2D eigenvalue weighted by atomic mass is 16.5. The van der Waals surface area contributed by atoms with Gasteiger partial charge in [0.15, 0.2) is 0 Å². The summed E-state index contributed by atoms with van der Waals surface area (Å²) >= 11 is 0. The van der Waals surface area contributed by atoms with Crippen molar-refractivity contribution in [3.8, 4) is 5.75 Å². The Morgan fingerprint density at radius 2 is 2.00 bits per heavy atom. The molecule has 1 aromatic rings. The molecule has 1 unspecified atom stereocenters. The number of fused-ring (bicyclic) bond motifs is 1. The van der Waals surface area contributed by atoms with E-state index in [0.717, 1.165) is 37.7 Å². The van der Waals surface area contributed by atoms with Crippen molar-refractivity contribution in [2.75, 3.05) is 32.8 Å². The second kappa shape index (κ2) is 7.23. The third-order valence-corrected chi connectivity index (χ3v) is 5.54. The van der Waals surface area contributed by atoms with Gasteiger partial charge in [-0.15, -0.1) is 0 Å². The van der Waals surface area contributed by atoms with Crippen LogP contribution in [0.3, 0.4) is 0 Å². The van der Waals surface area contributed by atoms with E-state index in [2.05, 4.69) is 23.1 Å². The van der Waals surface area contributed by atoms with Gasteiger partial charge in [-0.3, -0.25) is 0 Å². The largest absolute Gasteiger partial charge is 0.494 e. The van der Waals surface area contributed by atoms with Crippen LogP contribution in [0.5, 0.6) is 5.75 Å².